The molecule has 0 aromatic heterocycles. The average Bonchev–Trinajstić information content (AvgIpc) is 2.35. The minimum Gasteiger partial charge on any atom is -0.396 e. The van der Waals surface area contributed by atoms with E-state index < -0.39 is 11.7 Å². The fraction of sp³-hybridized carbons (Fsp3) is 0.500. The quantitative estimate of drug-likeness (QED) is 0.872. The topological polar surface area (TPSA) is 56.0 Å². The zero-order chi connectivity index (χ0) is 15.4. The predicted octanol–water partition coefficient (Wildman–Crippen LogP) is 3.40. The molecule has 0 aliphatic rings. The van der Waals surface area contributed by atoms with Crippen molar-refractivity contribution in [2.45, 2.75) is 26.4 Å². The van der Waals surface area contributed by atoms with Gasteiger partial charge in [0.2, 0.25) is 0 Å². The Balaban J connectivity index is 2.90. The lowest BCUT2D eigenvalue weighted by Gasteiger charge is -2.25. The maximum Gasteiger partial charge on any atom is 0.416 e. The van der Waals surface area contributed by atoms with Gasteiger partial charge in [0.1, 0.15) is 6.07 Å². The Morgan fingerprint density at radius 3 is 2.45 bits per heavy atom. The molecule has 1 aromatic carbocycles. The highest BCUT2D eigenvalue weighted by molar-refractivity contribution is 5.59. The van der Waals surface area contributed by atoms with Crippen molar-refractivity contribution in [3.8, 4) is 6.07 Å². The SMILES string of the molecule is CC(C)(CCO)CNc1ccc(C(F)(F)F)cc1C#N. The standard InChI is InChI=1S/C14H17F3N2O/c1-13(2,5-6-20)9-19-12-4-3-11(14(15,16)17)7-10(12)8-18/h3-4,7,19-20H,5-6,9H2,1-2H3. The van der Waals surface area contributed by atoms with Crippen molar-refractivity contribution < 1.29 is 18.3 Å². The molecule has 0 atom stereocenters. The van der Waals surface area contributed by atoms with Crippen molar-refractivity contribution in [2.24, 2.45) is 5.41 Å². The summed E-state index contributed by atoms with van der Waals surface area (Å²) in [5.41, 5.74) is -0.732. The first-order valence-corrected chi connectivity index (χ1v) is 6.16. The Morgan fingerprint density at radius 2 is 1.95 bits per heavy atom. The molecule has 0 aliphatic heterocycles. The van der Waals surface area contributed by atoms with E-state index in [1.54, 1.807) is 6.07 Å². The number of nitrogens with zero attached hydrogens (tertiary/aromatic N) is 1. The molecule has 0 amide bonds. The third-order valence-electron chi connectivity index (χ3n) is 3.01. The molecule has 0 aliphatic carbocycles. The van der Waals surface area contributed by atoms with Crippen LogP contribution in [0.4, 0.5) is 18.9 Å². The molecule has 3 nitrogen and oxygen atoms in total. The Kier molecular flexibility index (Phi) is 5.01. The average molecular weight is 286 g/mol. The van der Waals surface area contributed by atoms with Gasteiger partial charge in [-0.2, -0.15) is 18.4 Å². The number of anilines is 1. The first-order chi connectivity index (χ1) is 9.19. The first kappa shape index (κ1) is 16.3. The summed E-state index contributed by atoms with van der Waals surface area (Å²) in [6.07, 6.45) is -3.90. The van der Waals surface area contributed by atoms with E-state index in [0.29, 0.717) is 18.7 Å². The van der Waals surface area contributed by atoms with E-state index in [9.17, 15) is 13.2 Å². The molecule has 0 bridgehead atoms. The van der Waals surface area contributed by atoms with Crippen LogP contribution in [-0.2, 0) is 6.18 Å². The number of hydrogen-bond acceptors (Lipinski definition) is 3. The van der Waals surface area contributed by atoms with Gasteiger partial charge in [-0.05, 0) is 30.0 Å². The van der Waals surface area contributed by atoms with Gasteiger partial charge in [0, 0.05) is 13.2 Å². The van der Waals surface area contributed by atoms with Crippen molar-refractivity contribution in [3.05, 3.63) is 29.3 Å². The number of alkyl halides is 3. The lowest BCUT2D eigenvalue weighted by Crippen LogP contribution is -2.24. The summed E-state index contributed by atoms with van der Waals surface area (Å²) < 4.78 is 37.7. The zero-order valence-electron chi connectivity index (χ0n) is 11.4. The van der Waals surface area contributed by atoms with Gasteiger partial charge < -0.3 is 10.4 Å². The number of aliphatic hydroxyl groups excluding tert-OH is 1. The minimum absolute atomic E-state index is 0.0345. The molecule has 0 unspecified atom stereocenters. The van der Waals surface area contributed by atoms with Crippen LogP contribution in [0.5, 0.6) is 0 Å². The molecule has 1 rings (SSSR count). The van der Waals surface area contributed by atoms with E-state index in [2.05, 4.69) is 5.32 Å². The van der Waals surface area contributed by atoms with Crippen molar-refractivity contribution in [2.75, 3.05) is 18.5 Å². The maximum atomic E-state index is 12.6. The summed E-state index contributed by atoms with van der Waals surface area (Å²) in [5.74, 6) is 0. The van der Waals surface area contributed by atoms with Crippen molar-refractivity contribution >= 4 is 5.69 Å². The highest BCUT2D eigenvalue weighted by Gasteiger charge is 2.31. The van der Waals surface area contributed by atoms with Gasteiger partial charge in [-0.15, -0.1) is 0 Å². The van der Waals surface area contributed by atoms with Crippen LogP contribution in [0.25, 0.3) is 0 Å². The molecule has 20 heavy (non-hydrogen) atoms. The number of rotatable bonds is 5. The van der Waals surface area contributed by atoms with E-state index >= 15 is 0 Å². The van der Waals surface area contributed by atoms with Crippen molar-refractivity contribution in [1.82, 2.24) is 0 Å². The zero-order valence-corrected chi connectivity index (χ0v) is 11.4. The van der Waals surface area contributed by atoms with Gasteiger partial charge >= 0.3 is 6.18 Å². The second-order valence-corrected chi connectivity index (χ2v) is 5.36. The van der Waals surface area contributed by atoms with Crippen LogP contribution in [0, 0.1) is 16.7 Å². The van der Waals surface area contributed by atoms with Crippen LogP contribution in [0.3, 0.4) is 0 Å². The first-order valence-electron chi connectivity index (χ1n) is 6.16. The molecule has 0 fully saturated rings. The largest absolute Gasteiger partial charge is 0.416 e. The fourth-order valence-corrected chi connectivity index (χ4v) is 1.69. The smallest absolute Gasteiger partial charge is 0.396 e. The molecule has 0 spiro atoms. The van der Waals surface area contributed by atoms with Gasteiger partial charge in [0.15, 0.2) is 0 Å². The molecular weight excluding hydrogens is 269 g/mol. The van der Waals surface area contributed by atoms with E-state index in [-0.39, 0.29) is 17.6 Å². The predicted molar refractivity (Wildman–Crippen MR) is 70.1 cm³/mol. The van der Waals surface area contributed by atoms with E-state index in [1.165, 1.54) is 6.07 Å². The Hall–Kier alpha value is -1.74. The lowest BCUT2D eigenvalue weighted by atomic mass is 9.89. The van der Waals surface area contributed by atoms with Crippen LogP contribution in [0.2, 0.25) is 0 Å². The van der Waals surface area contributed by atoms with Gasteiger partial charge in [-0.1, -0.05) is 13.8 Å². The third kappa shape index (κ3) is 4.42. The minimum atomic E-state index is -4.46. The molecule has 0 saturated carbocycles. The van der Waals surface area contributed by atoms with Crippen LogP contribution in [0.1, 0.15) is 31.4 Å². The second-order valence-electron chi connectivity index (χ2n) is 5.36. The molecule has 2 N–H and O–H groups in total. The third-order valence-corrected chi connectivity index (χ3v) is 3.01. The lowest BCUT2D eigenvalue weighted by molar-refractivity contribution is -0.137. The molecule has 1 aromatic rings. The summed E-state index contributed by atoms with van der Waals surface area (Å²) in [6, 6.07) is 4.81. The Bertz CT molecular complexity index is 504. The number of aliphatic hydroxyl groups is 1. The summed E-state index contributed by atoms with van der Waals surface area (Å²) in [4.78, 5) is 0. The number of hydrogen-bond donors (Lipinski definition) is 2. The molecule has 0 heterocycles. The molecule has 0 radical (unpaired) electrons. The Labute approximate surface area is 116 Å². The van der Waals surface area contributed by atoms with Gasteiger partial charge in [0.05, 0.1) is 16.8 Å². The van der Waals surface area contributed by atoms with Gasteiger partial charge in [-0.25, -0.2) is 0 Å². The highest BCUT2D eigenvalue weighted by Crippen LogP contribution is 2.32. The molecule has 110 valence electrons. The van der Waals surface area contributed by atoms with Gasteiger partial charge in [-0.3, -0.25) is 0 Å². The summed E-state index contributed by atoms with van der Waals surface area (Å²) in [6.45, 7) is 4.33. The van der Waals surface area contributed by atoms with Crippen LogP contribution in [-0.4, -0.2) is 18.3 Å². The summed E-state index contributed by atoms with van der Waals surface area (Å²) in [5, 5.41) is 20.8. The maximum absolute atomic E-state index is 12.6. The number of nitrogens with one attached hydrogen (secondary N) is 1. The van der Waals surface area contributed by atoms with Crippen molar-refractivity contribution in [1.29, 1.82) is 5.26 Å². The summed E-state index contributed by atoms with van der Waals surface area (Å²) >= 11 is 0. The summed E-state index contributed by atoms with van der Waals surface area (Å²) in [7, 11) is 0. The van der Waals surface area contributed by atoms with Crippen LogP contribution in [0.15, 0.2) is 18.2 Å². The van der Waals surface area contributed by atoms with Crippen molar-refractivity contribution in [3.63, 3.8) is 0 Å². The molecule has 0 saturated heterocycles. The fourth-order valence-electron chi connectivity index (χ4n) is 1.69. The monoisotopic (exact) mass is 286 g/mol. The molecule has 6 heteroatoms. The second kappa shape index (κ2) is 6.14. The van der Waals surface area contributed by atoms with Crippen LogP contribution >= 0.6 is 0 Å². The van der Waals surface area contributed by atoms with E-state index in [0.717, 1.165) is 12.1 Å². The normalized spacial score (nSPS) is 12.1. The molecular formula is C14H17F3N2O. The number of nitriles is 1. The number of benzene rings is 1. The van der Waals surface area contributed by atoms with Gasteiger partial charge in [0.25, 0.3) is 0 Å². The highest BCUT2D eigenvalue weighted by atomic mass is 19.4. The van der Waals surface area contributed by atoms with E-state index in [1.807, 2.05) is 13.8 Å². The van der Waals surface area contributed by atoms with E-state index in [4.69, 9.17) is 10.4 Å². The Morgan fingerprint density at radius 1 is 1.30 bits per heavy atom. The van der Waals surface area contributed by atoms with Crippen LogP contribution < -0.4 is 5.32 Å². The number of halogens is 3.